The van der Waals surface area contributed by atoms with Crippen LogP contribution in [0.25, 0.3) is 0 Å². The van der Waals surface area contributed by atoms with E-state index in [1.165, 1.54) is 23.9 Å². The monoisotopic (exact) mass is 346 g/mol. The lowest BCUT2D eigenvalue weighted by Crippen LogP contribution is -2.28. The number of carbonyl (C=O) groups is 2. The van der Waals surface area contributed by atoms with E-state index in [-0.39, 0.29) is 35.0 Å². The summed E-state index contributed by atoms with van der Waals surface area (Å²) in [6.45, 7) is 1.91. The Kier molecular flexibility index (Phi) is 6.81. The van der Waals surface area contributed by atoms with Crippen LogP contribution in [0.1, 0.15) is 18.5 Å². The van der Waals surface area contributed by atoms with E-state index in [2.05, 4.69) is 10.6 Å². The van der Waals surface area contributed by atoms with Crippen molar-refractivity contribution in [3.63, 3.8) is 0 Å². The van der Waals surface area contributed by atoms with Crippen LogP contribution in [0.5, 0.6) is 0 Å². The number of nitrogens with one attached hydrogen (secondary N) is 2. The van der Waals surface area contributed by atoms with Crippen LogP contribution in [-0.2, 0) is 9.59 Å². The van der Waals surface area contributed by atoms with E-state index < -0.39 is 5.82 Å². The molecule has 0 radical (unpaired) electrons. The Labute approximate surface area is 144 Å². The van der Waals surface area contributed by atoms with E-state index >= 15 is 0 Å². The van der Waals surface area contributed by atoms with E-state index in [0.29, 0.717) is 0 Å². The van der Waals surface area contributed by atoms with Crippen molar-refractivity contribution < 1.29 is 14.0 Å². The van der Waals surface area contributed by atoms with E-state index in [1.807, 2.05) is 37.3 Å². The van der Waals surface area contributed by atoms with Crippen molar-refractivity contribution in [3.8, 4) is 0 Å². The standard InChI is InChI=1S/C18H19FN2O2S/c1-13(14-7-3-2-4-8-14)20-17(22)11-24-12-18(23)21-16-10-6-5-9-15(16)19/h2-10,13H,11-12H2,1H3,(H,20,22)(H,21,23)/t13-/m1/s1. The molecule has 0 aliphatic carbocycles. The van der Waals surface area contributed by atoms with Gasteiger partial charge in [0.15, 0.2) is 0 Å². The van der Waals surface area contributed by atoms with Crippen LogP contribution in [0.4, 0.5) is 10.1 Å². The average molecular weight is 346 g/mol. The van der Waals surface area contributed by atoms with Crippen molar-refractivity contribution in [1.82, 2.24) is 5.32 Å². The molecule has 2 N–H and O–H groups in total. The second-order valence-electron chi connectivity index (χ2n) is 5.22. The summed E-state index contributed by atoms with van der Waals surface area (Å²) in [7, 11) is 0. The molecule has 0 bridgehead atoms. The number of para-hydroxylation sites is 1. The van der Waals surface area contributed by atoms with Crippen molar-refractivity contribution >= 4 is 29.3 Å². The summed E-state index contributed by atoms with van der Waals surface area (Å²) in [4.78, 5) is 23.7. The third-order valence-corrected chi connectivity index (χ3v) is 4.22. The molecule has 0 unspecified atom stereocenters. The maximum Gasteiger partial charge on any atom is 0.234 e. The molecule has 0 aromatic heterocycles. The first-order valence-electron chi connectivity index (χ1n) is 7.52. The summed E-state index contributed by atoms with van der Waals surface area (Å²) >= 11 is 1.19. The summed E-state index contributed by atoms with van der Waals surface area (Å²) in [6, 6.07) is 15.5. The lowest BCUT2D eigenvalue weighted by atomic mass is 10.1. The number of thioether (sulfide) groups is 1. The van der Waals surface area contributed by atoms with Gasteiger partial charge in [-0.2, -0.15) is 0 Å². The van der Waals surface area contributed by atoms with Gasteiger partial charge < -0.3 is 10.6 Å². The Bertz CT molecular complexity index is 694. The van der Waals surface area contributed by atoms with Crippen LogP contribution < -0.4 is 10.6 Å². The summed E-state index contributed by atoms with van der Waals surface area (Å²) in [5.41, 5.74) is 1.17. The second-order valence-corrected chi connectivity index (χ2v) is 6.21. The molecule has 2 amide bonds. The Morgan fingerprint density at radius 1 is 1.00 bits per heavy atom. The van der Waals surface area contributed by atoms with E-state index in [9.17, 15) is 14.0 Å². The van der Waals surface area contributed by atoms with E-state index in [0.717, 1.165) is 5.56 Å². The first kappa shape index (κ1) is 18.0. The summed E-state index contributed by atoms with van der Waals surface area (Å²) in [5.74, 6) is -0.710. The number of benzene rings is 2. The lowest BCUT2D eigenvalue weighted by molar-refractivity contribution is -0.119. The average Bonchev–Trinajstić information content (AvgIpc) is 2.57. The maximum absolute atomic E-state index is 13.4. The van der Waals surface area contributed by atoms with Crippen molar-refractivity contribution in [1.29, 1.82) is 0 Å². The van der Waals surface area contributed by atoms with E-state index in [1.54, 1.807) is 12.1 Å². The molecule has 126 valence electrons. The molecule has 6 heteroatoms. The molecule has 1 atom stereocenters. The Hall–Kier alpha value is -2.34. The predicted molar refractivity (Wildman–Crippen MR) is 95.4 cm³/mol. The molecule has 2 aromatic rings. The van der Waals surface area contributed by atoms with Crippen molar-refractivity contribution in [2.45, 2.75) is 13.0 Å². The largest absolute Gasteiger partial charge is 0.349 e. The molecular formula is C18H19FN2O2S. The molecule has 24 heavy (non-hydrogen) atoms. The van der Waals surface area contributed by atoms with Gasteiger partial charge in [-0.05, 0) is 24.6 Å². The van der Waals surface area contributed by atoms with Gasteiger partial charge in [-0.15, -0.1) is 11.8 Å². The number of carbonyl (C=O) groups excluding carboxylic acids is 2. The summed E-state index contributed by atoms with van der Waals surface area (Å²) in [5, 5.41) is 5.36. The zero-order valence-corrected chi connectivity index (χ0v) is 14.1. The minimum absolute atomic E-state index is 0.0848. The molecule has 0 aliphatic rings. The summed E-state index contributed by atoms with van der Waals surface area (Å²) < 4.78 is 13.4. The Morgan fingerprint density at radius 3 is 2.33 bits per heavy atom. The van der Waals surface area contributed by atoms with Crippen molar-refractivity contribution in [2.24, 2.45) is 0 Å². The van der Waals surface area contributed by atoms with Crippen LogP contribution >= 0.6 is 11.8 Å². The number of rotatable bonds is 7. The van der Waals surface area contributed by atoms with Crippen LogP contribution in [-0.4, -0.2) is 23.3 Å². The van der Waals surface area contributed by atoms with Gasteiger partial charge >= 0.3 is 0 Å². The number of hydrogen-bond donors (Lipinski definition) is 2. The fourth-order valence-electron chi connectivity index (χ4n) is 2.09. The van der Waals surface area contributed by atoms with Crippen LogP contribution in [0.15, 0.2) is 54.6 Å². The fraction of sp³-hybridized carbons (Fsp3) is 0.222. The number of anilines is 1. The molecule has 0 aliphatic heterocycles. The molecule has 0 fully saturated rings. The highest BCUT2D eigenvalue weighted by Crippen LogP contribution is 2.14. The van der Waals surface area contributed by atoms with Crippen molar-refractivity contribution in [3.05, 3.63) is 66.0 Å². The summed E-state index contributed by atoms with van der Waals surface area (Å²) in [6.07, 6.45) is 0. The molecule has 4 nitrogen and oxygen atoms in total. The van der Waals surface area contributed by atoms with Gasteiger partial charge in [-0.3, -0.25) is 9.59 Å². The predicted octanol–water partition coefficient (Wildman–Crippen LogP) is 3.37. The van der Waals surface area contributed by atoms with Gasteiger partial charge in [0.25, 0.3) is 0 Å². The van der Waals surface area contributed by atoms with Gasteiger partial charge in [0.2, 0.25) is 11.8 Å². The second kappa shape index (κ2) is 9.08. The number of halogens is 1. The van der Waals surface area contributed by atoms with E-state index in [4.69, 9.17) is 0 Å². The van der Waals surface area contributed by atoms with Gasteiger partial charge in [0, 0.05) is 0 Å². The minimum atomic E-state index is -0.481. The van der Waals surface area contributed by atoms with Crippen molar-refractivity contribution in [2.75, 3.05) is 16.8 Å². The van der Waals surface area contributed by atoms with Crippen LogP contribution in [0.3, 0.4) is 0 Å². The smallest absolute Gasteiger partial charge is 0.234 e. The number of hydrogen-bond acceptors (Lipinski definition) is 3. The molecular weight excluding hydrogens is 327 g/mol. The molecule has 0 saturated carbocycles. The van der Waals surface area contributed by atoms with Gasteiger partial charge in [-0.1, -0.05) is 42.5 Å². The normalized spacial score (nSPS) is 11.6. The molecule has 0 heterocycles. The Morgan fingerprint density at radius 2 is 1.62 bits per heavy atom. The highest BCUT2D eigenvalue weighted by molar-refractivity contribution is 8.00. The highest BCUT2D eigenvalue weighted by Gasteiger charge is 2.11. The fourth-order valence-corrected chi connectivity index (χ4v) is 2.72. The number of amides is 2. The Balaban J connectivity index is 1.71. The first-order valence-corrected chi connectivity index (χ1v) is 8.68. The molecule has 0 saturated heterocycles. The topological polar surface area (TPSA) is 58.2 Å². The zero-order chi connectivity index (χ0) is 17.4. The molecule has 0 spiro atoms. The minimum Gasteiger partial charge on any atom is -0.349 e. The third-order valence-electron chi connectivity index (χ3n) is 3.29. The van der Waals surface area contributed by atoms with Gasteiger partial charge in [-0.25, -0.2) is 4.39 Å². The quantitative estimate of drug-likeness (QED) is 0.808. The van der Waals surface area contributed by atoms with Crippen LogP contribution in [0, 0.1) is 5.82 Å². The van der Waals surface area contributed by atoms with Crippen LogP contribution in [0.2, 0.25) is 0 Å². The van der Waals surface area contributed by atoms with Gasteiger partial charge in [0.05, 0.1) is 23.2 Å². The molecule has 2 rings (SSSR count). The lowest BCUT2D eigenvalue weighted by Gasteiger charge is -2.14. The zero-order valence-electron chi connectivity index (χ0n) is 13.3. The maximum atomic E-state index is 13.4. The van der Waals surface area contributed by atoms with Gasteiger partial charge in [0.1, 0.15) is 5.82 Å². The molecule has 2 aromatic carbocycles. The third kappa shape index (κ3) is 5.70. The SMILES string of the molecule is C[C@@H](NC(=O)CSCC(=O)Nc1ccccc1F)c1ccccc1. The first-order chi connectivity index (χ1) is 11.6. The highest BCUT2D eigenvalue weighted by atomic mass is 32.2.